The molecule has 1 aliphatic rings. The fourth-order valence-electron chi connectivity index (χ4n) is 2.22. The zero-order valence-electron chi connectivity index (χ0n) is 10.8. The second-order valence-electron chi connectivity index (χ2n) is 4.73. The van der Waals surface area contributed by atoms with Crippen LogP contribution in [0, 0.1) is 10.1 Å². The van der Waals surface area contributed by atoms with Crippen LogP contribution in [0.2, 0.25) is 10.0 Å². The third-order valence-electron chi connectivity index (χ3n) is 3.25. The van der Waals surface area contributed by atoms with E-state index in [0.29, 0.717) is 13.0 Å². The van der Waals surface area contributed by atoms with Gasteiger partial charge in [0.1, 0.15) is 14.9 Å². The Morgan fingerprint density at radius 2 is 2.05 bits per heavy atom. The summed E-state index contributed by atoms with van der Waals surface area (Å²) >= 11 is 11.6. The van der Waals surface area contributed by atoms with Gasteiger partial charge >= 0.3 is 5.69 Å². The van der Waals surface area contributed by atoms with E-state index in [2.05, 4.69) is 0 Å². The Balaban J connectivity index is 2.50. The number of nitrogens with two attached hydrogens (primary N) is 1. The fourth-order valence-corrected chi connectivity index (χ4v) is 4.62. The molecule has 0 spiro atoms. The first kappa shape index (κ1) is 16.4. The lowest BCUT2D eigenvalue weighted by Gasteiger charge is -2.30. The van der Waals surface area contributed by atoms with E-state index < -0.39 is 25.7 Å². The second kappa shape index (κ2) is 6.05. The van der Waals surface area contributed by atoms with Crippen molar-refractivity contribution < 1.29 is 13.3 Å². The molecule has 1 fully saturated rings. The molecule has 0 bridgehead atoms. The number of piperidine rings is 1. The van der Waals surface area contributed by atoms with Crippen molar-refractivity contribution in [3.63, 3.8) is 0 Å². The maximum absolute atomic E-state index is 12.6. The third kappa shape index (κ3) is 3.14. The van der Waals surface area contributed by atoms with Gasteiger partial charge in [-0.3, -0.25) is 10.1 Å². The first-order chi connectivity index (χ1) is 9.75. The summed E-state index contributed by atoms with van der Waals surface area (Å²) in [7, 11) is -3.94. The summed E-state index contributed by atoms with van der Waals surface area (Å²) in [6, 6.07) is 2.07. The van der Waals surface area contributed by atoms with Gasteiger partial charge in [0, 0.05) is 19.1 Å². The molecule has 0 amide bonds. The molecule has 0 saturated carbocycles. The Bertz CT molecular complexity index is 680. The Labute approximate surface area is 131 Å². The number of nitro groups is 1. The van der Waals surface area contributed by atoms with E-state index in [9.17, 15) is 18.5 Å². The van der Waals surface area contributed by atoms with Gasteiger partial charge in [-0.1, -0.05) is 23.2 Å². The summed E-state index contributed by atoms with van der Waals surface area (Å²) in [5, 5.41) is 10.3. The van der Waals surface area contributed by atoms with Gasteiger partial charge in [0.25, 0.3) is 0 Å². The highest BCUT2D eigenvalue weighted by Gasteiger charge is 2.34. The minimum Gasteiger partial charge on any atom is -0.327 e. The van der Waals surface area contributed by atoms with Crippen LogP contribution in [0.3, 0.4) is 0 Å². The largest absolute Gasteiger partial charge is 0.327 e. The standard InChI is InChI=1S/C11H13Cl2N3O4S/c12-8-3-4-9(10(13)11(8)16(17)18)21(19,20)15-5-1-2-7(14)6-15/h3-4,7H,1-2,5-6,14H2/t7-/m1/s1. The highest BCUT2D eigenvalue weighted by molar-refractivity contribution is 7.89. The van der Waals surface area contributed by atoms with Crippen LogP contribution in [-0.4, -0.2) is 36.8 Å². The molecular formula is C11H13Cl2N3O4S. The van der Waals surface area contributed by atoms with Crippen LogP contribution >= 0.6 is 23.2 Å². The molecule has 1 heterocycles. The molecule has 0 aliphatic carbocycles. The molecule has 7 nitrogen and oxygen atoms in total. The molecule has 116 valence electrons. The van der Waals surface area contributed by atoms with Crippen LogP contribution in [-0.2, 0) is 10.0 Å². The molecule has 0 unspecified atom stereocenters. The van der Waals surface area contributed by atoms with E-state index in [4.69, 9.17) is 28.9 Å². The molecule has 0 radical (unpaired) electrons. The SMILES string of the molecule is N[C@@H]1CCCN(S(=O)(=O)c2ccc(Cl)c([N+](=O)[O-])c2Cl)C1. The molecule has 1 saturated heterocycles. The number of hydrogen-bond donors (Lipinski definition) is 1. The Morgan fingerprint density at radius 1 is 1.38 bits per heavy atom. The van der Waals surface area contributed by atoms with Gasteiger partial charge in [0.05, 0.1) is 4.92 Å². The van der Waals surface area contributed by atoms with Crippen molar-refractivity contribution in [1.82, 2.24) is 4.31 Å². The highest BCUT2D eigenvalue weighted by Crippen LogP contribution is 2.38. The first-order valence-electron chi connectivity index (χ1n) is 6.13. The lowest BCUT2D eigenvalue weighted by Crippen LogP contribution is -2.45. The predicted octanol–water partition coefficient (Wildman–Crippen LogP) is 2.01. The molecule has 0 aromatic heterocycles. The van der Waals surface area contributed by atoms with Crippen molar-refractivity contribution in [3.05, 3.63) is 32.3 Å². The van der Waals surface area contributed by atoms with E-state index in [0.717, 1.165) is 12.5 Å². The molecule has 1 aromatic rings. The summed E-state index contributed by atoms with van der Waals surface area (Å²) < 4.78 is 26.3. The van der Waals surface area contributed by atoms with Crippen LogP contribution in [0.5, 0.6) is 0 Å². The second-order valence-corrected chi connectivity index (χ2v) is 7.42. The topological polar surface area (TPSA) is 107 Å². The van der Waals surface area contributed by atoms with Gasteiger partial charge in [-0.05, 0) is 25.0 Å². The van der Waals surface area contributed by atoms with E-state index in [1.807, 2.05) is 0 Å². The van der Waals surface area contributed by atoms with Crippen LogP contribution in [0.25, 0.3) is 0 Å². The Morgan fingerprint density at radius 3 is 2.62 bits per heavy atom. The summed E-state index contributed by atoms with van der Waals surface area (Å²) in [5.41, 5.74) is 5.16. The summed E-state index contributed by atoms with van der Waals surface area (Å²) in [6.07, 6.45) is 1.37. The number of rotatable bonds is 3. The smallest absolute Gasteiger partial charge is 0.307 e. The number of sulfonamides is 1. The fraction of sp³-hybridized carbons (Fsp3) is 0.455. The number of hydrogen-bond acceptors (Lipinski definition) is 5. The molecule has 1 aliphatic heterocycles. The van der Waals surface area contributed by atoms with Crippen molar-refractivity contribution in [1.29, 1.82) is 0 Å². The van der Waals surface area contributed by atoms with Crippen LogP contribution < -0.4 is 5.73 Å². The summed E-state index contributed by atoms with van der Waals surface area (Å²) in [5.74, 6) is 0. The van der Waals surface area contributed by atoms with Crippen molar-refractivity contribution in [3.8, 4) is 0 Å². The molecule has 1 atom stereocenters. The van der Waals surface area contributed by atoms with Crippen LogP contribution in [0.4, 0.5) is 5.69 Å². The summed E-state index contributed by atoms with van der Waals surface area (Å²) in [4.78, 5) is 9.83. The normalized spacial score (nSPS) is 20.4. The molecule has 10 heteroatoms. The molecule has 2 rings (SSSR count). The van der Waals surface area contributed by atoms with Gasteiger partial charge < -0.3 is 5.73 Å². The van der Waals surface area contributed by atoms with Crippen molar-refractivity contribution in [2.75, 3.05) is 13.1 Å². The number of nitro benzene ring substituents is 1. The van der Waals surface area contributed by atoms with E-state index in [-0.39, 0.29) is 22.5 Å². The van der Waals surface area contributed by atoms with Gasteiger partial charge in [-0.15, -0.1) is 0 Å². The number of benzene rings is 1. The van der Waals surface area contributed by atoms with Crippen LogP contribution in [0.15, 0.2) is 17.0 Å². The minimum absolute atomic E-state index is 0.162. The lowest BCUT2D eigenvalue weighted by atomic mass is 10.1. The number of halogens is 2. The quantitative estimate of drug-likeness (QED) is 0.660. The minimum atomic E-state index is -3.94. The maximum atomic E-state index is 12.6. The predicted molar refractivity (Wildman–Crippen MR) is 79.1 cm³/mol. The van der Waals surface area contributed by atoms with E-state index in [1.165, 1.54) is 10.4 Å². The molecule has 2 N–H and O–H groups in total. The number of nitrogens with zero attached hydrogens (tertiary/aromatic N) is 2. The van der Waals surface area contributed by atoms with Gasteiger partial charge in [0.2, 0.25) is 10.0 Å². The van der Waals surface area contributed by atoms with Crippen molar-refractivity contribution >= 4 is 38.9 Å². The summed E-state index contributed by atoms with van der Waals surface area (Å²) in [6.45, 7) is 0.470. The average molecular weight is 354 g/mol. The third-order valence-corrected chi connectivity index (χ3v) is 5.96. The van der Waals surface area contributed by atoms with Crippen molar-refractivity contribution in [2.45, 2.75) is 23.8 Å². The van der Waals surface area contributed by atoms with Crippen molar-refractivity contribution in [2.24, 2.45) is 5.73 Å². The Kier molecular flexibility index (Phi) is 4.74. The maximum Gasteiger partial charge on any atom is 0.307 e. The zero-order valence-corrected chi connectivity index (χ0v) is 13.2. The van der Waals surface area contributed by atoms with Crippen LogP contribution in [0.1, 0.15) is 12.8 Å². The first-order valence-corrected chi connectivity index (χ1v) is 8.33. The van der Waals surface area contributed by atoms with E-state index in [1.54, 1.807) is 0 Å². The molecule has 21 heavy (non-hydrogen) atoms. The molecule has 1 aromatic carbocycles. The average Bonchev–Trinajstić information content (AvgIpc) is 2.37. The van der Waals surface area contributed by atoms with E-state index >= 15 is 0 Å². The highest BCUT2D eigenvalue weighted by atomic mass is 35.5. The van der Waals surface area contributed by atoms with Gasteiger partial charge in [-0.2, -0.15) is 4.31 Å². The Hall–Kier alpha value is -0.930. The lowest BCUT2D eigenvalue weighted by molar-refractivity contribution is -0.384. The zero-order chi connectivity index (χ0) is 15.8. The van der Waals surface area contributed by atoms with Gasteiger partial charge in [-0.25, -0.2) is 8.42 Å². The monoisotopic (exact) mass is 353 g/mol. The van der Waals surface area contributed by atoms with Gasteiger partial charge in [0.15, 0.2) is 0 Å². The molecular weight excluding hydrogens is 341 g/mol.